The minimum Gasteiger partial charge on any atom is -0.377 e. The predicted octanol–water partition coefficient (Wildman–Crippen LogP) is 4.64. The van der Waals surface area contributed by atoms with Crippen LogP contribution in [0, 0.1) is 17.8 Å². The maximum atomic E-state index is 12.0. The Morgan fingerprint density at radius 3 is 2.03 bits per heavy atom. The molecule has 0 spiro atoms. The van der Waals surface area contributed by atoms with Crippen LogP contribution in [0.25, 0.3) is 0 Å². The Labute approximate surface area is 180 Å². The summed E-state index contributed by atoms with van der Waals surface area (Å²) < 4.78 is 0. The molecule has 0 radical (unpaired) electrons. The zero-order chi connectivity index (χ0) is 20.8. The second kappa shape index (κ2) is 9.30. The van der Waals surface area contributed by atoms with Crippen molar-refractivity contribution in [2.75, 3.05) is 0 Å². The Bertz CT molecular complexity index is 990. The molecule has 0 bridgehead atoms. The van der Waals surface area contributed by atoms with Gasteiger partial charge in [0, 0.05) is 23.1 Å². The summed E-state index contributed by atoms with van der Waals surface area (Å²) >= 11 is 0. The van der Waals surface area contributed by atoms with Crippen molar-refractivity contribution in [2.45, 2.75) is 43.9 Å². The molecule has 1 fully saturated rings. The van der Waals surface area contributed by atoms with Crippen LogP contribution in [0.5, 0.6) is 0 Å². The quantitative estimate of drug-likeness (QED) is 0.620. The van der Waals surface area contributed by atoms with E-state index in [1.807, 2.05) is 36.4 Å². The fourth-order valence-electron chi connectivity index (χ4n) is 4.76. The molecule has 3 N–H and O–H groups in total. The van der Waals surface area contributed by atoms with E-state index < -0.39 is 5.60 Å². The highest BCUT2D eigenvalue weighted by atomic mass is 16.3. The second-order valence-electron chi connectivity index (χ2n) is 8.29. The van der Waals surface area contributed by atoms with Gasteiger partial charge in [0.2, 0.25) is 0 Å². The third-order valence-electron chi connectivity index (χ3n) is 6.23. The number of piperidine rings is 1. The highest BCUT2D eigenvalue weighted by Gasteiger charge is 2.50. The van der Waals surface area contributed by atoms with Crippen molar-refractivity contribution in [3.05, 3.63) is 108 Å². The molecule has 3 aromatic rings. The van der Waals surface area contributed by atoms with Gasteiger partial charge in [0.25, 0.3) is 0 Å². The van der Waals surface area contributed by atoms with Gasteiger partial charge < -0.3 is 10.4 Å². The van der Waals surface area contributed by atoms with Crippen LogP contribution in [-0.4, -0.2) is 10.7 Å². The van der Waals surface area contributed by atoms with Gasteiger partial charge >= 0.3 is 0 Å². The van der Waals surface area contributed by atoms with Crippen molar-refractivity contribution in [3.63, 3.8) is 0 Å². The topological polar surface area (TPSA) is 36.8 Å². The van der Waals surface area contributed by atoms with Crippen LogP contribution in [0.3, 0.4) is 0 Å². The van der Waals surface area contributed by atoms with E-state index in [1.54, 1.807) is 0 Å². The molecule has 0 amide bonds. The third-order valence-corrected chi connectivity index (χ3v) is 6.23. The highest BCUT2D eigenvalue weighted by molar-refractivity contribution is 5.37. The van der Waals surface area contributed by atoms with Crippen molar-refractivity contribution in [3.8, 4) is 11.8 Å². The average molecular weight is 397 g/mol. The molecule has 0 aromatic heterocycles. The van der Waals surface area contributed by atoms with Gasteiger partial charge in [-0.3, -0.25) is 0 Å². The summed E-state index contributed by atoms with van der Waals surface area (Å²) in [6.07, 6.45) is 2.59. The van der Waals surface area contributed by atoms with Crippen molar-refractivity contribution < 1.29 is 10.4 Å². The number of hydrogen-bond donors (Lipinski definition) is 2. The van der Waals surface area contributed by atoms with E-state index in [0.717, 1.165) is 18.4 Å². The van der Waals surface area contributed by atoms with E-state index in [4.69, 9.17) is 0 Å². The Kier molecular flexibility index (Phi) is 6.33. The van der Waals surface area contributed by atoms with E-state index in [9.17, 15) is 5.11 Å². The zero-order valence-electron chi connectivity index (χ0n) is 17.5. The molecule has 4 rings (SSSR count). The van der Waals surface area contributed by atoms with Crippen molar-refractivity contribution in [1.82, 2.24) is 0 Å². The maximum Gasteiger partial charge on any atom is 0.140 e. The first-order chi connectivity index (χ1) is 14.7. The predicted molar refractivity (Wildman–Crippen MR) is 122 cm³/mol. The van der Waals surface area contributed by atoms with Crippen LogP contribution >= 0.6 is 0 Å². The van der Waals surface area contributed by atoms with Gasteiger partial charge in [0.1, 0.15) is 17.7 Å². The van der Waals surface area contributed by atoms with Gasteiger partial charge in [0.05, 0.1) is 5.92 Å². The van der Waals surface area contributed by atoms with Crippen molar-refractivity contribution in [1.29, 1.82) is 0 Å². The third kappa shape index (κ3) is 4.49. The Hall–Kier alpha value is -2.86. The molecule has 0 saturated carbocycles. The van der Waals surface area contributed by atoms with Gasteiger partial charge in [-0.2, -0.15) is 0 Å². The van der Waals surface area contributed by atoms with Gasteiger partial charge in [-0.25, -0.2) is 0 Å². The molecule has 0 aliphatic carbocycles. The molecule has 3 aromatic carbocycles. The van der Waals surface area contributed by atoms with E-state index in [2.05, 4.69) is 78.7 Å². The summed E-state index contributed by atoms with van der Waals surface area (Å²) in [5.41, 5.74) is 2.41. The maximum absolute atomic E-state index is 12.0. The Balaban J connectivity index is 1.77. The van der Waals surface area contributed by atoms with Crippen molar-refractivity contribution >= 4 is 0 Å². The lowest BCUT2D eigenvalue weighted by Crippen LogP contribution is -2.91. The highest BCUT2D eigenvalue weighted by Crippen LogP contribution is 2.41. The number of benzene rings is 3. The number of hydrogen-bond acceptors (Lipinski definition) is 1. The number of aliphatic hydroxyl groups is 1. The average Bonchev–Trinajstić information content (AvgIpc) is 2.81. The standard InChI is InChI=1S/C28H29NO/c1-2-12-25-27(24-17-10-5-11-18-24)29-26(23-15-8-4-9-16-23)21-28(25,30)20-19-22-13-6-3-7-14-22/h3-11,13-18,25-27,29-30H,2,12,21H2,1H3/p+1/t25-,26+,27-,28-/m1/s1. The van der Waals surface area contributed by atoms with Crippen LogP contribution in [-0.2, 0) is 0 Å². The summed E-state index contributed by atoms with van der Waals surface area (Å²) in [7, 11) is 0. The lowest BCUT2D eigenvalue weighted by molar-refractivity contribution is -0.755. The van der Waals surface area contributed by atoms with E-state index >= 15 is 0 Å². The van der Waals surface area contributed by atoms with Crippen LogP contribution in [0.2, 0.25) is 0 Å². The summed E-state index contributed by atoms with van der Waals surface area (Å²) in [5, 5.41) is 14.4. The summed E-state index contributed by atoms with van der Waals surface area (Å²) in [4.78, 5) is 0. The normalized spacial score (nSPS) is 25.9. The smallest absolute Gasteiger partial charge is 0.140 e. The lowest BCUT2D eigenvalue weighted by atomic mass is 9.69. The molecular weight excluding hydrogens is 366 g/mol. The van der Waals surface area contributed by atoms with Crippen LogP contribution < -0.4 is 5.32 Å². The van der Waals surface area contributed by atoms with Gasteiger partial charge in [-0.05, 0) is 18.6 Å². The molecule has 2 heteroatoms. The molecule has 1 heterocycles. The van der Waals surface area contributed by atoms with E-state index in [-0.39, 0.29) is 18.0 Å². The van der Waals surface area contributed by atoms with Gasteiger partial charge in [-0.15, -0.1) is 0 Å². The molecule has 1 saturated heterocycles. The summed E-state index contributed by atoms with van der Waals surface area (Å²) in [5.74, 6) is 6.68. The van der Waals surface area contributed by atoms with Gasteiger partial charge in [-0.1, -0.05) is 104 Å². The molecule has 1 aliphatic rings. The molecule has 4 atom stereocenters. The fourth-order valence-corrected chi connectivity index (χ4v) is 4.76. The minimum atomic E-state index is -1.04. The number of nitrogens with two attached hydrogens (primary N) is 1. The van der Waals surface area contributed by atoms with E-state index in [1.165, 1.54) is 11.1 Å². The first-order valence-electron chi connectivity index (χ1n) is 10.9. The first kappa shape index (κ1) is 20.4. The van der Waals surface area contributed by atoms with Gasteiger partial charge in [0.15, 0.2) is 0 Å². The summed E-state index contributed by atoms with van der Waals surface area (Å²) in [6.45, 7) is 2.19. The minimum absolute atomic E-state index is 0.0704. The van der Waals surface area contributed by atoms with Crippen LogP contribution in [0.4, 0.5) is 0 Å². The molecule has 152 valence electrons. The molecule has 30 heavy (non-hydrogen) atoms. The Morgan fingerprint density at radius 1 is 0.867 bits per heavy atom. The largest absolute Gasteiger partial charge is 0.377 e. The molecule has 2 nitrogen and oxygen atoms in total. The first-order valence-corrected chi connectivity index (χ1v) is 10.9. The van der Waals surface area contributed by atoms with Crippen LogP contribution in [0.1, 0.15) is 55.0 Å². The molecule has 0 unspecified atom stereocenters. The number of quaternary nitrogens is 1. The fraction of sp³-hybridized carbons (Fsp3) is 0.286. The Morgan fingerprint density at radius 2 is 1.43 bits per heavy atom. The monoisotopic (exact) mass is 396 g/mol. The second-order valence-corrected chi connectivity index (χ2v) is 8.29. The zero-order valence-corrected chi connectivity index (χ0v) is 17.5. The van der Waals surface area contributed by atoms with E-state index in [0.29, 0.717) is 6.42 Å². The lowest BCUT2D eigenvalue weighted by Gasteiger charge is -2.43. The number of rotatable bonds is 4. The SMILES string of the molecule is CCC[C@@H]1[C@@H](c2ccccc2)[NH2+][C@H](c2ccccc2)C[C@]1(O)C#Cc1ccccc1. The molecular formula is C28H30NO+. The van der Waals surface area contributed by atoms with Crippen LogP contribution in [0.15, 0.2) is 91.0 Å². The van der Waals surface area contributed by atoms with Crippen molar-refractivity contribution in [2.24, 2.45) is 5.92 Å². The summed E-state index contributed by atoms with van der Waals surface area (Å²) in [6, 6.07) is 31.4. The molecule has 1 aliphatic heterocycles.